The van der Waals surface area contributed by atoms with Gasteiger partial charge in [0.2, 0.25) is 0 Å². The predicted molar refractivity (Wildman–Crippen MR) is 67.7 cm³/mol. The molecular weight excluding hydrogens is 268 g/mol. The zero-order valence-electron chi connectivity index (χ0n) is 11.0. The Morgan fingerprint density at radius 2 is 2.21 bits per heavy atom. The maximum absolute atomic E-state index is 12.3. The molecule has 0 bridgehead atoms. The molecule has 2 heterocycles. The number of rotatable bonds is 5. The van der Waals surface area contributed by atoms with Crippen molar-refractivity contribution in [2.45, 2.75) is 32.0 Å². The summed E-state index contributed by atoms with van der Waals surface area (Å²) in [5.74, 6) is 1.16. The van der Waals surface area contributed by atoms with E-state index >= 15 is 0 Å². The summed E-state index contributed by atoms with van der Waals surface area (Å²) in [5.41, 5.74) is 0. The molecule has 104 valence electrons. The number of aromatic amines is 1. The largest absolute Gasteiger partial charge is 0.334 e. The molecule has 0 aliphatic carbocycles. The van der Waals surface area contributed by atoms with E-state index in [1.165, 1.54) is 17.7 Å². The van der Waals surface area contributed by atoms with E-state index in [0.717, 1.165) is 0 Å². The van der Waals surface area contributed by atoms with Gasteiger partial charge in [0.05, 0.1) is 6.54 Å². The minimum Gasteiger partial charge on any atom is -0.334 e. The standard InChI is InChI=1S/C10H16N6O2S/c1-4-16-6-10(13-8(16)2)19(17,18)15(3)5-9-11-7-12-14-9/h6-7H,4-5H2,1-3H3,(H,11,12,14). The Kier molecular flexibility index (Phi) is 3.67. The lowest BCUT2D eigenvalue weighted by molar-refractivity contribution is 0.455. The Morgan fingerprint density at radius 1 is 1.47 bits per heavy atom. The number of sulfonamides is 1. The molecule has 0 saturated carbocycles. The van der Waals surface area contributed by atoms with Crippen LogP contribution in [0.5, 0.6) is 0 Å². The Balaban J connectivity index is 2.25. The zero-order chi connectivity index (χ0) is 14.0. The van der Waals surface area contributed by atoms with Gasteiger partial charge in [-0.3, -0.25) is 5.10 Å². The third-order valence-electron chi connectivity index (χ3n) is 2.81. The highest BCUT2D eigenvalue weighted by molar-refractivity contribution is 7.89. The lowest BCUT2D eigenvalue weighted by Crippen LogP contribution is -2.27. The van der Waals surface area contributed by atoms with E-state index < -0.39 is 10.0 Å². The van der Waals surface area contributed by atoms with E-state index in [9.17, 15) is 8.42 Å². The Bertz CT molecular complexity index is 646. The fourth-order valence-electron chi connectivity index (χ4n) is 1.69. The highest BCUT2D eigenvalue weighted by Gasteiger charge is 2.25. The number of aryl methyl sites for hydroxylation is 2. The normalized spacial score (nSPS) is 12.2. The van der Waals surface area contributed by atoms with Crippen LogP contribution in [0, 0.1) is 6.92 Å². The quantitative estimate of drug-likeness (QED) is 0.843. The van der Waals surface area contributed by atoms with Crippen LogP contribution >= 0.6 is 0 Å². The lowest BCUT2D eigenvalue weighted by Gasteiger charge is -2.13. The van der Waals surface area contributed by atoms with Crippen LogP contribution in [0.15, 0.2) is 17.6 Å². The SMILES string of the molecule is CCn1cc(S(=O)(=O)N(C)Cc2ncn[nH]2)nc1C. The number of aromatic nitrogens is 5. The van der Waals surface area contributed by atoms with Crippen LogP contribution in [0.25, 0.3) is 0 Å². The average Bonchev–Trinajstić information content (AvgIpc) is 2.98. The molecular formula is C10H16N6O2S. The number of hydrogen-bond donors (Lipinski definition) is 1. The van der Waals surface area contributed by atoms with E-state index in [0.29, 0.717) is 18.2 Å². The van der Waals surface area contributed by atoms with Gasteiger partial charge in [0.15, 0.2) is 5.03 Å². The molecule has 0 amide bonds. The van der Waals surface area contributed by atoms with Crippen molar-refractivity contribution in [2.75, 3.05) is 7.05 Å². The molecule has 0 unspecified atom stereocenters. The van der Waals surface area contributed by atoms with E-state index in [4.69, 9.17) is 0 Å². The third-order valence-corrected chi connectivity index (χ3v) is 4.48. The average molecular weight is 284 g/mol. The van der Waals surface area contributed by atoms with Crippen LogP contribution < -0.4 is 0 Å². The number of H-pyrrole nitrogens is 1. The van der Waals surface area contributed by atoms with Gasteiger partial charge < -0.3 is 4.57 Å². The summed E-state index contributed by atoms with van der Waals surface area (Å²) in [7, 11) is -2.13. The van der Waals surface area contributed by atoms with Gasteiger partial charge in [-0.2, -0.15) is 9.40 Å². The molecule has 2 aromatic heterocycles. The van der Waals surface area contributed by atoms with Crippen molar-refractivity contribution in [3.8, 4) is 0 Å². The van der Waals surface area contributed by atoms with Crippen molar-refractivity contribution in [1.82, 2.24) is 29.0 Å². The molecule has 0 atom stereocenters. The summed E-state index contributed by atoms with van der Waals surface area (Å²) < 4.78 is 27.6. The first kappa shape index (κ1) is 13.7. The minimum absolute atomic E-state index is 0.0499. The topological polar surface area (TPSA) is 96.8 Å². The van der Waals surface area contributed by atoms with Crippen molar-refractivity contribution in [3.63, 3.8) is 0 Å². The molecule has 1 N–H and O–H groups in total. The van der Waals surface area contributed by atoms with Gasteiger partial charge in [-0.1, -0.05) is 0 Å². The second kappa shape index (κ2) is 5.10. The number of nitrogens with zero attached hydrogens (tertiary/aromatic N) is 5. The van der Waals surface area contributed by atoms with Crippen molar-refractivity contribution >= 4 is 10.0 Å². The van der Waals surface area contributed by atoms with Crippen molar-refractivity contribution in [3.05, 3.63) is 24.2 Å². The summed E-state index contributed by atoms with van der Waals surface area (Å²) in [4.78, 5) is 7.99. The van der Waals surface area contributed by atoms with Crippen LogP contribution in [0.4, 0.5) is 0 Å². The molecule has 19 heavy (non-hydrogen) atoms. The van der Waals surface area contributed by atoms with Gasteiger partial charge in [0.25, 0.3) is 10.0 Å². The van der Waals surface area contributed by atoms with Crippen LogP contribution in [0.1, 0.15) is 18.6 Å². The van der Waals surface area contributed by atoms with E-state index in [1.54, 1.807) is 17.7 Å². The number of imidazole rings is 1. The Labute approximate surface area is 111 Å². The van der Waals surface area contributed by atoms with Crippen LogP contribution in [0.2, 0.25) is 0 Å². The van der Waals surface area contributed by atoms with Gasteiger partial charge in [0, 0.05) is 19.8 Å². The molecule has 9 heteroatoms. The highest BCUT2D eigenvalue weighted by atomic mass is 32.2. The van der Waals surface area contributed by atoms with Gasteiger partial charge in [0.1, 0.15) is 18.0 Å². The van der Waals surface area contributed by atoms with Crippen LogP contribution in [-0.4, -0.2) is 44.5 Å². The fraction of sp³-hybridized carbons (Fsp3) is 0.500. The van der Waals surface area contributed by atoms with Gasteiger partial charge >= 0.3 is 0 Å². The van der Waals surface area contributed by atoms with E-state index in [-0.39, 0.29) is 11.6 Å². The van der Waals surface area contributed by atoms with Gasteiger partial charge in [-0.15, -0.1) is 0 Å². The van der Waals surface area contributed by atoms with Crippen LogP contribution in [0.3, 0.4) is 0 Å². The summed E-state index contributed by atoms with van der Waals surface area (Å²) in [6, 6.07) is 0. The fourth-order valence-corrected chi connectivity index (χ4v) is 2.81. The summed E-state index contributed by atoms with van der Waals surface area (Å²) in [6.45, 7) is 4.52. The number of nitrogens with one attached hydrogen (secondary N) is 1. The first-order valence-electron chi connectivity index (χ1n) is 5.79. The third kappa shape index (κ3) is 2.66. The maximum atomic E-state index is 12.3. The van der Waals surface area contributed by atoms with Crippen molar-refractivity contribution in [2.24, 2.45) is 0 Å². The zero-order valence-corrected chi connectivity index (χ0v) is 11.8. The summed E-state index contributed by atoms with van der Waals surface area (Å²) in [6.07, 6.45) is 2.88. The summed E-state index contributed by atoms with van der Waals surface area (Å²) >= 11 is 0. The smallest absolute Gasteiger partial charge is 0.262 e. The minimum atomic E-state index is -3.61. The van der Waals surface area contributed by atoms with Gasteiger partial charge in [-0.05, 0) is 13.8 Å². The van der Waals surface area contributed by atoms with E-state index in [1.807, 2.05) is 6.92 Å². The van der Waals surface area contributed by atoms with Gasteiger partial charge in [-0.25, -0.2) is 18.4 Å². The second-order valence-corrected chi connectivity index (χ2v) is 6.10. The molecule has 0 saturated heterocycles. The maximum Gasteiger partial charge on any atom is 0.262 e. The molecule has 0 fully saturated rings. The molecule has 0 spiro atoms. The molecule has 8 nitrogen and oxygen atoms in total. The first-order valence-corrected chi connectivity index (χ1v) is 7.23. The van der Waals surface area contributed by atoms with E-state index in [2.05, 4.69) is 20.2 Å². The molecule has 0 radical (unpaired) electrons. The lowest BCUT2D eigenvalue weighted by atomic mass is 10.6. The molecule has 0 aliphatic heterocycles. The number of hydrogen-bond acceptors (Lipinski definition) is 5. The molecule has 0 aliphatic rings. The monoisotopic (exact) mass is 284 g/mol. The second-order valence-electron chi connectivity index (χ2n) is 4.11. The Morgan fingerprint density at radius 3 is 2.74 bits per heavy atom. The van der Waals surface area contributed by atoms with Crippen LogP contribution in [-0.2, 0) is 23.1 Å². The molecule has 0 aromatic carbocycles. The van der Waals surface area contributed by atoms with Crippen molar-refractivity contribution in [1.29, 1.82) is 0 Å². The van der Waals surface area contributed by atoms with Crippen molar-refractivity contribution < 1.29 is 8.42 Å². The predicted octanol–water partition coefficient (Wildman–Crippen LogP) is 0.150. The Hall–Kier alpha value is -1.74. The first-order chi connectivity index (χ1) is 8.95. The highest BCUT2D eigenvalue weighted by Crippen LogP contribution is 2.15. The summed E-state index contributed by atoms with van der Waals surface area (Å²) in [5, 5.41) is 6.36. The molecule has 2 aromatic rings. The molecule has 2 rings (SSSR count).